The van der Waals surface area contributed by atoms with Gasteiger partial charge in [0, 0.05) is 11.6 Å². The minimum Gasteiger partial charge on any atom is -0.368 e. The summed E-state index contributed by atoms with van der Waals surface area (Å²) in [5.41, 5.74) is 5.69. The van der Waals surface area contributed by atoms with Gasteiger partial charge in [-0.1, -0.05) is 41.9 Å². The zero-order chi connectivity index (χ0) is 13.1. The molecule has 1 aromatic carbocycles. The van der Waals surface area contributed by atoms with E-state index >= 15 is 0 Å². The largest absolute Gasteiger partial charge is 0.368 e. The Labute approximate surface area is 108 Å². The predicted octanol–water partition coefficient (Wildman–Crippen LogP) is 1.05. The lowest BCUT2D eigenvalue weighted by Crippen LogP contribution is -2.23. The molecule has 0 unspecified atom stereocenters. The van der Waals surface area contributed by atoms with Crippen molar-refractivity contribution in [3.05, 3.63) is 51.8 Å². The molecule has 18 heavy (non-hydrogen) atoms. The van der Waals surface area contributed by atoms with E-state index in [1.807, 2.05) is 6.07 Å². The highest BCUT2D eigenvalue weighted by molar-refractivity contribution is 6.29. The van der Waals surface area contributed by atoms with Gasteiger partial charge in [-0.2, -0.15) is 5.10 Å². The van der Waals surface area contributed by atoms with Crippen LogP contribution in [0.15, 0.2) is 41.2 Å². The minimum absolute atomic E-state index is 0.0819. The van der Waals surface area contributed by atoms with E-state index in [2.05, 4.69) is 5.10 Å². The number of benzene rings is 1. The number of halogens is 1. The van der Waals surface area contributed by atoms with Crippen molar-refractivity contribution >= 4 is 17.5 Å². The molecule has 5 nitrogen and oxygen atoms in total. The number of rotatable bonds is 3. The number of carbonyl (C=O) groups is 1. The van der Waals surface area contributed by atoms with Crippen LogP contribution >= 0.6 is 11.6 Å². The highest BCUT2D eigenvalue weighted by atomic mass is 35.5. The van der Waals surface area contributed by atoms with Gasteiger partial charge in [0.2, 0.25) is 11.3 Å². The quantitative estimate of drug-likeness (QED) is 0.899. The molecule has 0 saturated carbocycles. The van der Waals surface area contributed by atoms with Gasteiger partial charge in [-0.15, -0.1) is 0 Å². The molecule has 0 bridgehead atoms. The van der Waals surface area contributed by atoms with Crippen LogP contribution in [-0.4, -0.2) is 15.7 Å². The van der Waals surface area contributed by atoms with Crippen molar-refractivity contribution in [2.75, 3.05) is 0 Å². The van der Waals surface area contributed by atoms with Crippen LogP contribution in [0.25, 0.3) is 11.3 Å². The van der Waals surface area contributed by atoms with Gasteiger partial charge in [-0.05, 0) is 0 Å². The van der Waals surface area contributed by atoms with Crippen molar-refractivity contribution in [2.24, 2.45) is 5.73 Å². The van der Waals surface area contributed by atoms with Gasteiger partial charge >= 0.3 is 0 Å². The topological polar surface area (TPSA) is 78.0 Å². The van der Waals surface area contributed by atoms with Crippen molar-refractivity contribution in [1.29, 1.82) is 0 Å². The van der Waals surface area contributed by atoms with Gasteiger partial charge < -0.3 is 5.73 Å². The molecule has 0 aliphatic heterocycles. The fraction of sp³-hybridized carbons (Fsp3) is 0.0833. The minimum atomic E-state index is -0.577. The molecule has 1 aromatic heterocycles. The smallest absolute Gasteiger partial charge is 0.239 e. The van der Waals surface area contributed by atoms with Crippen LogP contribution in [0.5, 0.6) is 0 Å². The zero-order valence-electron chi connectivity index (χ0n) is 9.34. The maximum atomic E-state index is 11.8. The number of hydrogen-bond donors (Lipinski definition) is 1. The van der Waals surface area contributed by atoms with Gasteiger partial charge in [0.1, 0.15) is 17.4 Å². The van der Waals surface area contributed by atoms with Gasteiger partial charge in [-0.3, -0.25) is 9.59 Å². The third kappa shape index (κ3) is 2.57. The molecule has 0 aliphatic carbocycles. The molecular weight excluding hydrogens is 254 g/mol. The molecule has 2 rings (SSSR count). The average Bonchev–Trinajstić information content (AvgIpc) is 2.33. The number of nitrogens with zero attached hydrogens (tertiary/aromatic N) is 2. The van der Waals surface area contributed by atoms with Crippen LogP contribution in [0.2, 0.25) is 5.15 Å². The monoisotopic (exact) mass is 263 g/mol. The molecule has 2 aromatic rings. The Balaban J connectivity index is 2.55. The lowest BCUT2D eigenvalue weighted by Gasteiger charge is -2.07. The second kappa shape index (κ2) is 5.01. The van der Waals surface area contributed by atoms with E-state index in [4.69, 9.17) is 17.3 Å². The second-order valence-corrected chi connectivity index (χ2v) is 4.06. The van der Waals surface area contributed by atoms with Crippen LogP contribution in [0.3, 0.4) is 0 Å². The Morgan fingerprint density at radius 1 is 1.33 bits per heavy atom. The van der Waals surface area contributed by atoms with Crippen LogP contribution < -0.4 is 11.2 Å². The predicted molar refractivity (Wildman–Crippen MR) is 68.1 cm³/mol. The average molecular weight is 264 g/mol. The molecule has 1 amide bonds. The molecule has 6 heteroatoms. The van der Waals surface area contributed by atoms with E-state index < -0.39 is 5.91 Å². The van der Waals surface area contributed by atoms with E-state index in [1.165, 1.54) is 10.7 Å². The first kappa shape index (κ1) is 12.3. The molecule has 0 spiro atoms. The molecule has 0 atom stereocenters. The third-order valence-electron chi connectivity index (χ3n) is 2.30. The lowest BCUT2D eigenvalue weighted by atomic mass is 10.1. The summed E-state index contributed by atoms with van der Waals surface area (Å²) in [5, 5.41) is 4.14. The number of nitrogens with two attached hydrogens (primary N) is 1. The Hall–Kier alpha value is -2.14. The molecule has 1 heterocycles. The number of amides is 1. The Morgan fingerprint density at radius 2 is 2.00 bits per heavy atom. The highest BCUT2D eigenvalue weighted by Gasteiger charge is 2.10. The summed E-state index contributed by atoms with van der Waals surface area (Å²) in [6.07, 6.45) is 0. The Kier molecular flexibility index (Phi) is 3.43. The third-order valence-corrected chi connectivity index (χ3v) is 2.61. The Bertz CT molecular complexity index is 638. The molecule has 92 valence electrons. The first-order valence-electron chi connectivity index (χ1n) is 5.19. The fourth-order valence-corrected chi connectivity index (χ4v) is 1.72. The van der Waals surface area contributed by atoms with Crippen LogP contribution in [0.4, 0.5) is 0 Å². The summed E-state index contributed by atoms with van der Waals surface area (Å²) >= 11 is 5.83. The maximum Gasteiger partial charge on any atom is 0.239 e. The van der Waals surface area contributed by atoms with Crippen molar-refractivity contribution in [3.8, 4) is 11.3 Å². The first-order valence-corrected chi connectivity index (χ1v) is 5.57. The van der Waals surface area contributed by atoms with Gasteiger partial charge in [0.25, 0.3) is 0 Å². The molecule has 2 N–H and O–H groups in total. The number of hydrogen-bond acceptors (Lipinski definition) is 3. The zero-order valence-corrected chi connectivity index (χ0v) is 10.1. The summed E-state index contributed by atoms with van der Waals surface area (Å²) in [6, 6.07) is 10.2. The van der Waals surface area contributed by atoms with E-state index in [1.54, 1.807) is 24.3 Å². The maximum absolute atomic E-state index is 11.8. The number of primary amides is 1. The first-order chi connectivity index (χ1) is 8.58. The number of aromatic nitrogens is 2. The molecular formula is C12H10ClN3O2. The van der Waals surface area contributed by atoms with Gasteiger partial charge in [-0.25, -0.2) is 4.68 Å². The highest BCUT2D eigenvalue weighted by Crippen LogP contribution is 2.14. The molecule has 0 aliphatic rings. The van der Waals surface area contributed by atoms with E-state index in [0.29, 0.717) is 5.56 Å². The SMILES string of the molecule is NC(=O)Cn1nc(-c2ccccc2)c(=O)cc1Cl. The van der Waals surface area contributed by atoms with E-state index in [0.717, 1.165) is 0 Å². The summed E-state index contributed by atoms with van der Waals surface area (Å²) in [5.74, 6) is -0.577. The van der Waals surface area contributed by atoms with Gasteiger partial charge in [0.15, 0.2) is 0 Å². The van der Waals surface area contributed by atoms with Crippen LogP contribution in [0, 0.1) is 0 Å². The fourth-order valence-electron chi connectivity index (χ4n) is 1.52. The van der Waals surface area contributed by atoms with Gasteiger partial charge in [0.05, 0.1) is 0 Å². The van der Waals surface area contributed by atoms with Crippen molar-refractivity contribution in [2.45, 2.75) is 6.54 Å². The van der Waals surface area contributed by atoms with Crippen LogP contribution in [0.1, 0.15) is 0 Å². The summed E-state index contributed by atoms with van der Waals surface area (Å²) in [7, 11) is 0. The normalized spacial score (nSPS) is 10.3. The molecule has 0 radical (unpaired) electrons. The van der Waals surface area contributed by atoms with Crippen molar-refractivity contribution in [1.82, 2.24) is 9.78 Å². The lowest BCUT2D eigenvalue weighted by molar-refractivity contribution is -0.118. The summed E-state index contributed by atoms with van der Waals surface area (Å²) in [4.78, 5) is 22.7. The second-order valence-electron chi connectivity index (χ2n) is 3.67. The standard InChI is InChI=1S/C12H10ClN3O2/c13-10-6-9(17)12(8-4-2-1-3-5-8)15-16(10)7-11(14)18/h1-6H,7H2,(H2,14,18). The Morgan fingerprint density at radius 3 is 2.61 bits per heavy atom. The molecule has 0 saturated heterocycles. The molecule has 0 fully saturated rings. The summed E-state index contributed by atoms with van der Waals surface area (Å²) in [6.45, 7) is -0.168. The number of carbonyl (C=O) groups excluding carboxylic acids is 1. The van der Waals surface area contributed by atoms with Crippen LogP contribution in [-0.2, 0) is 11.3 Å². The summed E-state index contributed by atoms with van der Waals surface area (Å²) < 4.78 is 1.20. The van der Waals surface area contributed by atoms with Crippen molar-refractivity contribution < 1.29 is 4.79 Å². The van der Waals surface area contributed by atoms with E-state index in [-0.39, 0.29) is 22.8 Å². The van der Waals surface area contributed by atoms with Crippen molar-refractivity contribution in [3.63, 3.8) is 0 Å². The van der Waals surface area contributed by atoms with E-state index in [9.17, 15) is 9.59 Å².